The highest BCUT2D eigenvalue weighted by atomic mass is 15.2. The van der Waals surface area contributed by atoms with Gasteiger partial charge in [0.25, 0.3) is 0 Å². The number of rotatable bonds is 3. The molecule has 1 aromatic carbocycles. The Morgan fingerprint density at radius 1 is 1.26 bits per heavy atom. The van der Waals surface area contributed by atoms with Crippen molar-refractivity contribution in [3.05, 3.63) is 34.9 Å². The van der Waals surface area contributed by atoms with Gasteiger partial charge in [0.1, 0.15) is 0 Å². The van der Waals surface area contributed by atoms with Crippen LogP contribution in [0.2, 0.25) is 0 Å². The van der Waals surface area contributed by atoms with Crippen LogP contribution in [-0.4, -0.2) is 30.6 Å². The zero-order valence-corrected chi connectivity index (χ0v) is 12.9. The SMILES string of the molecule is Cc1cccc(C)c1CN1CCCNC(C(C)C)C1. The second-order valence-corrected chi connectivity index (χ2v) is 6.26. The molecule has 0 aromatic heterocycles. The minimum absolute atomic E-state index is 0.631. The van der Waals surface area contributed by atoms with Crippen LogP contribution in [0.1, 0.15) is 37.0 Å². The standard InChI is InChI=1S/C17H28N2/c1-13(2)17-12-19(10-6-9-18-17)11-16-14(3)7-5-8-15(16)4/h5,7-8,13,17-18H,6,9-12H2,1-4H3. The zero-order chi connectivity index (χ0) is 13.8. The number of hydrogen-bond donors (Lipinski definition) is 1. The molecule has 0 amide bonds. The molecule has 0 saturated carbocycles. The van der Waals surface area contributed by atoms with Crippen molar-refractivity contribution in [2.24, 2.45) is 5.92 Å². The molecule has 0 spiro atoms. The molecule has 1 aliphatic heterocycles. The van der Waals surface area contributed by atoms with E-state index in [9.17, 15) is 0 Å². The molecule has 0 bridgehead atoms. The number of nitrogens with zero attached hydrogens (tertiary/aromatic N) is 1. The Morgan fingerprint density at radius 3 is 2.58 bits per heavy atom. The average Bonchev–Trinajstić information content (AvgIpc) is 2.59. The summed E-state index contributed by atoms with van der Waals surface area (Å²) in [5.74, 6) is 0.707. The van der Waals surface area contributed by atoms with Crippen molar-refractivity contribution >= 4 is 0 Å². The summed E-state index contributed by atoms with van der Waals surface area (Å²) in [6.07, 6.45) is 1.26. The number of benzene rings is 1. The molecule has 1 unspecified atom stereocenters. The maximum atomic E-state index is 3.68. The summed E-state index contributed by atoms with van der Waals surface area (Å²) in [7, 11) is 0. The van der Waals surface area contributed by atoms with E-state index in [1.807, 2.05) is 0 Å². The Labute approximate surface area is 118 Å². The Kier molecular flexibility index (Phi) is 5.00. The molecular weight excluding hydrogens is 232 g/mol. The molecule has 1 aromatic rings. The molecule has 1 saturated heterocycles. The lowest BCUT2D eigenvalue weighted by Gasteiger charge is -2.27. The number of aryl methyl sites for hydroxylation is 2. The summed E-state index contributed by atoms with van der Waals surface area (Å²) in [6, 6.07) is 7.26. The van der Waals surface area contributed by atoms with Crippen molar-refractivity contribution in [2.75, 3.05) is 19.6 Å². The van der Waals surface area contributed by atoms with Gasteiger partial charge in [-0.15, -0.1) is 0 Å². The van der Waals surface area contributed by atoms with Gasteiger partial charge in [0.2, 0.25) is 0 Å². The lowest BCUT2D eigenvalue weighted by Crippen LogP contribution is -2.41. The van der Waals surface area contributed by atoms with E-state index < -0.39 is 0 Å². The summed E-state index contributed by atoms with van der Waals surface area (Å²) >= 11 is 0. The largest absolute Gasteiger partial charge is 0.312 e. The van der Waals surface area contributed by atoms with Crippen LogP contribution in [-0.2, 0) is 6.54 Å². The normalized spacial score (nSPS) is 21.6. The maximum absolute atomic E-state index is 3.68. The van der Waals surface area contributed by atoms with Crippen molar-refractivity contribution in [3.8, 4) is 0 Å². The van der Waals surface area contributed by atoms with E-state index in [-0.39, 0.29) is 0 Å². The van der Waals surface area contributed by atoms with Crippen molar-refractivity contribution in [2.45, 2.75) is 46.7 Å². The summed E-state index contributed by atoms with van der Waals surface area (Å²) in [6.45, 7) is 13.8. The van der Waals surface area contributed by atoms with Crippen molar-refractivity contribution in [1.82, 2.24) is 10.2 Å². The molecule has 1 heterocycles. The summed E-state index contributed by atoms with van der Waals surface area (Å²) in [5, 5.41) is 3.68. The van der Waals surface area contributed by atoms with Gasteiger partial charge in [-0.1, -0.05) is 32.0 Å². The first-order valence-electron chi connectivity index (χ1n) is 7.58. The van der Waals surface area contributed by atoms with Crippen molar-refractivity contribution < 1.29 is 0 Å². The first-order chi connectivity index (χ1) is 9.08. The van der Waals surface area contributed by atoms with Gasteiger partial charge in [-0.3, -0.25) is 4.90 Å². The molecule has 2 rings (SSSR count). The first kappa shape index (κ1) is 14.5. The maximum Gasteiger partial charge on any atom is 0.0239 e. The van der Waals surface area contributed by atoms with Crippen LogP contribution in [0.25, 0.3) is 0 Å². The van der Waals surface area contributed by atoms with Gasteiger partial charge in [0.15, 0.2) is 0 Å². The second-order valence-electron chi connectivity index (χ2n) is 6.26. The zero-order valence-electron chi connectivity index (χ0n) is 12.9. The quantitative estimate of drug-likeness (QED) is 0.898. The van der Waals surface area contributed by atoms with Crippen LogP contribution >= 0.6 is 0 Å². The molecule has 0 aliphatic carbocycles. The Hall–Kier alpha value is -0.860. The van der Waals surface area contributed by atoms with E-state index >= 15 is 0 Å². The van der Waals surface area contributed by atoms with E-state index in [2.05, 4.69) is 56.1 Å². The highest BCUT2D eigenvalue weighted by Crippen LogP contribution is 2.18. The molecule has 19 heavy (non-hydrogen) atoms. The van der Waals surface area contributed by atoms with Crippen LogP contribution in [0.4, 0.5) is 0 Å². The monoisotopic (exact) mass is 260 g/mol. The fourth-order valence-corrected chi connectivity index (χ4v) is 2.94. The molecule has 2 heteroatoms. The lowest BCUT2D eigenvalue weighted by molar-refractivity contribution is 0.238. The van der Waals surface area contributed by atoms with E-state index in [0.717, 1.165) is 13.1 Å². The fraction of sp³-hybridized carbons (Fsp3) is 0.647. The smallest absolute Gasteiger partial charge is 0.0239 e. The molecule has 1 aliphatic rings. The van der Waals surface area contributed by atoms with Gasteiger partial charge in [0.05, 0.1) is 0 Å². The van der Waals surface area contributed by atoms with Crippen molar-refractivity contribution in [3.63, 3.8) is 0 Å². The molecular formula is C17H28N2. The Balaban J connectivity index is 2.08. The Bertz CT molecular complexity index is 391. The molecule has 1 atom stereocenters. The summed E-state index contributed by atoms with van der Waals surface area (Å²) < 4.78 is 0. The number of nitrogens with one attached hydrogen (secondary N) is 1. The average molecular weight is 260 g/mol. The van der Waals surface area contributed by atoms with Gasteiger partial charge < -0.3 is 5.32 Å². The van der Waals surface area contributed by atoms with Gasteiger partial charge >= 0.3 is 0 Å². The minimum atomic E-state index is 0.631. The first-order valence-corrected chi connectivity index (χ1v) is 7.58. The van der Waals surface area contributed by atoms with Gasteiger partial charge in [-0.25, -0.2) is 0 Å². The highest BCUT2D eigenvalue weighted by molar-refractivity contribution is 5.33. The Morgan fingerprint density at radius 2 is 1.95 bits per heavy atom. The van der Waals surface area contributed by atoms with Crippen LogP contribution in [0.5, 0.6) is 0 Å². The number of hydrogen-bond acceptors (Lipinski definition) is 2. The minimum Gasteiger partial charge on any atom is -0.312 e. The molecule has 1 fully saturated rings. The van der Waals surface area contributed by atoms with E-state index in [1.54, 1.807) is 0 Å². The predicted octanol–water partition coefficient (Wildman–Crippen LogP) is 3.12. The van der Waals surface area contributed by atoms with Crippen LogP contribution in [0.3, 0.4) is 0 Å². The summed E-state index contributed by atoms with van der Waals surface area (Å²) in [5.41, 5.74) is 4.38. The molecule has 0 radical (unpaired) electrons. The van der Waals surface area contributed by atoms with E-state index in [1.165, 1.54) is 36.2 Å². The molecule has 2 nitrogen and oxygen atoms in total. The third-order valence-corrected chi connectivity index (χ3v) is 4.34. The second kappa shape index (κ2) is 6.53. The van der Waals surface area contributed by atoms with Crippen molar-refractivity contribution in [1.29, 1.82) is 0 Å². The molecule has 106 valence electrons. The van der Waals surface area contributed by atoms with E-state index in [0.29, 0.717) is 12.0 Å². The predicted molar refractivity (Wildman–Crippen MR) is 82.4 cm³/mol. The van der Waals surface area contributed by atoms with Crippen LogP contribution < -0.4 is 5.32 Å². The fourth-order valence-electron chi connectivity index (χ4n) is 2.94. The van der Waals surface area contributed by atoms with Gasteiger partial charge in [0, 0.05) is 19.1 Å². The van der Waals surface area contributed by atoms with Gasteiger partial charge in [-0.05, 0) is 56.0 Å². The topological polar surface area (TPSA) is 15.3 Å². The van der Waals surface area contributed by atoms with E-state index in [4.69, 9.17) is 0 Å². The third kappa shape index (κ3) is 3.80. The summed E-state index contributed by atoms with van der Waals surface area (Å²) in [4.78, 5) is 2.62. The van der Waals surface area contributed by atoms with Gasteiger partial charge in [-0.2, -0.15) is 0 Å². The van der Waals surface area contributed by atoms with Crippen LogP contribution in [0.15, 0.2) is 18.2 Å². The lowest BCUT2D eigenvalue weighted by atomic mass is 10.0. The van der Waals surface area contributed by atoms with Crippen LogP contribution in [0, 0.1) is 19.8 Å². The highest BCUT2D eigenvalue weighted by Gasteiger charge is 2.20. The molecule has 1 N–H and O–H groups in total. The third-order valence-electron chi connectivity index (χ3n) is 4.34.